The number of carbonyl (C=O) groups is 2. The van der Waals surface area contributed by atoms with Gasteiger partial charge in [-0.1, -0.05) is 54.1 Å². The molecular formula is C19H12ClNO2S2. The Balaban J connectivity index is 1.63. The lowest BCUT2D eigenvalue weighted by Crippen LogP contribution is -2.27. The molecule has 2 heterocycles. The lowest BCUT2D eigenvalue weighted by atomic mass is 10.0. The minimum atomic E-state index is -0.257. The molecule has 4 rings (SSSR count). The number of imide groups is 1. The zero-order valence-corrected chi connectivity index (χ0v) is 15.3. The summed E-state index contributed by atoms with van der Waals surface area (Å²) < 4.78 is 0.654. The number of hydrogen-bond donors (Lipinski definition) is 0. The van der Waals surface area contributed by atoms with Crippen LogP contribution in [-0.4, -0.2) is 16.0 Å². The highest BCUT2D eigenvalue weighted by Crippen LogP contribution is 2.35. The number of rotatable bonds is 3. The molecule has 1 fully saturated rings. The van der Waals surface area contributed by atoms with Crippen LogP contribution in [0, 0.1) is 0 Å². The summed E-state index contributed by atoms with van der Waals surface area (Å²) in [6.45, 7) is 0.272. The fourth-order valence-electron chi connectivity index (χ4n) is 2.77. The van der Waals surface area contributed by atoms with Crippen LogP contribution in [0.15, 0.2) is 59.5 Å². The zero-order chi connectivity index (χ0) is 17.4. The quantitative estimate of drug-likeness (QED) is 0.535. The normalized spacial score (nSPS) is 16.4. The van der Waals surface area contributed by atoms with Gasteiger partial charge in [0.15, 0.2) is 0 Å². The number of thioether (sulfide) groups is 1. The molecule has 124 valence electrons. The Bertz CT molecular complexity index is 1020. The Morgan fingerprint density at radius 3 is 2.60 bits per heavy atom. The fourth-order valence-corrected chi connectivity index (χ4v) is 4.68. The van der Waals surface area contributed by atoms with Gasteiger partial charge in [-0.25, -0.2) is 0 Å². The first-order valence-electron chi connectivity index (χ1n) is 7.59. The molecule has 2 aromatic carbocycles. The number of carbonyl (C=O) groups excluding carboxylic acids is 2. The van der Waals surface area contributed by atoms with Gasteiger partial charge < -0.3 is 0 Å². The van der Waals surface area contributed by atoms with Gasteiger partial charge >= 0.3 is 0 Å². The summed E-state index contributed by atoms with van der Waals surface area (Å²) in [6.07, 6.45) is 1.73. The summed E-state index contributed by atoms with van der Waals surface area (Å²) in [5.41, 5.74) is 0.959. The molecule has 25 heavy (non-hydrogen) atoms. The van der Waals surface area contributed by atoms with Crippen LogP contribution in [0.1, 0.15) is 10.4 Å². The van der Waals surface area contributed by atoms with E-state index in [1.807, 2.05) is 48.5 Å². The molecule has 3 aromatic rings. The molecule has 0 spiro atoms. The molecule has 0 aliphatic carbocycles. The predicted molar refractivity (Wildman–Crippen MR) is 105 cm³/mol. The summed E-state index contributed by atoms with van der Waals surface area (Å²) >= 11 is 8.27. The van der Waals surface area contributed by atoms with Crippen molar-refractivity contribution in [3.63, 3.8) is 0 Å². The first kappa shape index (κ1) is 16.4. The van der Waals surface area contributed by atoms with Crippen molar-refractivity contribution in [2.24, 2.45) is 0 Å². The standard InChI is InChI=1S/C19H12ClNO2S2/c20-17-9-8-14(24-17)10-16-18(22)21(19(23)25-16)11-13-6-3-5-12-4-1-2-7-15(12)13/h1-10H,11H2/b16-10+. The van der Waals surface area contributed by atoms with Crippen LogP contribution >= 0.6 is 34.7 Å². The molecule has 6 heteroatoms. The topological polar surface area (TPSA) is 37.4 Å². The summed E-state index contributed by atoms with van der Waals surface area (Å²) in [4.78, 5) is 27.6. The number of hydrogen-bond acceptors (Lipinski definition) is 4. The van der Waals surface area contributed by atoms with Gasteiger partial charge in [-0.15, -0.1) is 11.3 Å². The van der Waals surface area contributed by atoms with E-state index >= 15 is 0 Å². The smallest absolute Gasteiger partial charge is 0.268 e. The third-order valence-corrected chi connectivity index (χ3v) is 6.03. The van der Waals surface area contributed by atoms with E-state index in [1.54, 1.807) is 12.1 Å². The van der Waals surface area contributed by atoms with E-state index in [9.17, 15) is 9.59 Å². The van der Waals surface area contributed by atoms with Crippen LogP contribution in [-0.2, 0) is 11.3 Å². The van der Waals surface area contributed by atoms with Gasteiger partial charge in [0.1, 0.15) is 0 Å². The Morgan fingerprint density at radius 2 is 1.80 bits per heavy atom. The van der Waals surface area contributed by atoms with Crippen molar-refractivity contribution in [1.29, 1.82) is 0 Å². The van der Waals surface area contributed by atoms with Crippen molar-refractivity contribution in [2.45, 2.75) is 6.54 Å². The third-order valence-electron chi connectivity index (χ3n) is 3.95. The van der Waals surface area contributed by atoms with Gasteiger partial charge in [0.05, 0.1) is 15.8 Å². The lowest BCUT2D eigenvalue weighted by molar-refractivity contribution is -0.123. The van der Waals surface area contributed by atoms with Gasteiger partial charge in [0, 0.05) is 4.88 Å². The Labute approximate surface area is 157 Å². The van der Waals surface area contributed by atoms with E-state index in [1.165, 1.54) is 16.2 Å². The minimum absolute atomic E-state index is 0.244. The molecule has 0 saturated carbocycles. The molecule has 1 aliphatic rings. The minimum Gasteiger partial charge on any atom is -0.268 e. The van der Waals surface area contributed by atoms with Crippen molar-refractivity contribution in [3.05, 3.63) is 74.3 Å². The second-order valence-electron chi connectivity index (χ2n) is 5.55. The largest absolute Gasteiger partial charge is 0.293 e. The number of halogens is 1. The average Bonchev–Trinajstić information content (AvgIpc) is 3.13. The van der Waals surface area contributed by atoms with E-state index in [0.717, 1.165) is 33.0 Å². The van der Waals surface area contributed by atoms with Crippen molar-refractivity contribution in [2.75, 3.05) is 0 Å². The van der Waals surface area contributed by atoms with E-state index < -0.39 is 0 Å². The van der Waals surface area contributed by atoms with Crippen LogP contribution in [0.3, 0.4) is 0 Å². The Hall–Kier alpha value is -2.08. The van der Waals surface area contributed by atoms with E-state index in [-0.39, 0.29) is 17.7 Å². The number of fused-ring (bicyclic) bond motifs is 1. The van der Waals surface area contributed by atoms with Gasteiger partial charge in [0.2, 0.25) is 0 Å². The molecule has 0 radical (unpaired) electrons. The van der Waals surface area contributed by atoms with Crippen LogP contribution < -0.4 is 0 Å². The molecule has 1 saturated heterocycles. The van der Waals surface area contributed by atoms with Crippen molar-refractivity contribution < 1.29 is 9.59 Å². The maximum Gasteiger partial charge on any atom is 0.293 e. The van der Waals surface area contributed by atoms with Gasteiger partial charge in [-0.3, -0.25) is 14.5 Å². The Morgan fingerprint density at radius 1 is 1.00 bits per heavy atom. The zero-order valence-electron chi connectivity index (χ0n) is 12.9. The van der Waals surface area contributed by atoms with Crippen LogP contribution in [0.4, 0.5) is 4.79 Å². The maximum absolute atomic E-state index is 12.7. The van der Waals surface area contributed by atoms with E-state index in [2.05, 4.69) is 0 Å². The highest BCUT2D eigenvalue weighted by atomic mass is 35.5. The molecule has 0 N–H and O–H groups in total. The molecule has 0 atom stereocenters. The fraction of sp³-hybridized carbons (Fsp3) is 0.0526. The highest BCUT2D eigenvalue weighted by molar-refractivity contribution is 8.18. The summed E-state index contributed by atoms with van der Waals surface area (Å²) in [6, 6.07) is 17.5. The highest BCUT2D eigenvalue weighted by Gasteiger charge is 2.35. The second-order valence-corrected chi connectivity index (χ2v) is 8.29. The molecule has 1 aliphatic heterocycles. The number of nitrogens with zero attached hydrogens (tertiary/aromatic N) is 1. The van der Waals surface area contributed by atoms with Crippen molar-refractivity contribution in [3.8, 4) is 0 Å². The number of amides is 2. The molecular weight excluding hydrogens is 374 g/mol. The summed E-state index contributed by atoms with van der Waals surface area (Å²) in [7, 11) is 0. The van der Waals surface area contributed by atoms with E-state index in [4.69, 9.17) is 11.6 Å². The third kappa shape index (κ3) is 3.23. The number of thiophene rings is 1. The Kier molecular flexibility index (Phi) is 4.37. The molecule has 2 amide bonds. The summed E-state index contributed by atoms with van der Waals surface area (Å²) in [5, 5.41) is 1.90. The van der Waals surface area contributed by atoms with Crippen molar-refractivity contribution >= 4 is 62.7 Å². The van der Waals surface area contributed by atoms with Gasteiger partial charge in [-0.05, 0) is 46.3 Å². The SMILES string of the molecule is O=C1S/C(=C/c2ccc(Cl)s2)C(=O)N1Cc1cccc2ccccc12. The monoisotopic (exact) mass is 385 g/mol. The van der Waals surface area contributed by atoms with E-state index in [0.29, 0.717) is 9.24 Å². The first-order chi connectivity index (χ1) is 12.1. The second kappa shape index (κ2) is 6.67. The van der Waals surface area contributed by atoms with Crippen LogP contribution in [0.25, 0.3) is 16.8 Å². The molecule has 0 unspecified atom stereocenters. The lowest BCUT2D eigenvalue weighted by Gasteiger charge is -2.14. The molecule has 1 aromatic heterocycles. The van der Waals surface area contributed by atoms with Crippen LogP contribution in [0.2, 0.25) is 4.34 Å². The summed E-state index contributed by atoms with van der Waals surface area (Å²) in [5.74, 6) is -0.257. The van der Waals surface area contributed by atoms with Crippen LogP contribution in [0.5, 0.6) is 0 Å². The molecule has 0 bridgehead atoms. The maximum atomic E-state index is 12.7. The predicted octanol–water partition coefficient (Wildman–Crippen LogP) is 5.79. The number of benzene rings is 2. The first-order valence-corrected chi connectivity index (χ1v) is 9.60. The van der Waals surface area contributed by atoms with Crippen molar-refractivity contribution in [1.82, 2.24) is 4.90 Å². The molecule has 3 nitrogen and oxygen atoms in total. The average molecular weight is 386 g/mol. The van der Waals surface area contributed by atoms with Gasteiger partial charge in [0.25, 0.3) is 11.1 Å². The van der Waals surface area contributed by atoms with Gasteiger partial charge in [-0.2, -0.15) is 0 Å².